The zero-order valence-electron chi connectivity index (χ0n) is 10.6. The van der Waals surface area contributed by atoms with Crippen LogP contribution in [0.2, 0.25) is 0 Å². The molecule has 20 heavy (non-hydrogen) atoms. The number of nitrogens with one attached hydrogen (secondary N) is 1. The topological polar surface area (TPSA) is 141 Å². The number of hydrogen-bond acceptors (Lipinski definition) is 5. The van der Waals surface area contributed by atoms with Gasteiger partial charge in [0, 0.05) is 11.5 Å². The second-order valence-corrected chi connectivity index (χ2v) is 3.62. The molecule has 0 bridgehead atoms. The summed E-state index contributed by atoms with van der Waals surface area (Å²) in [6, 6.07) is 6.65. The summed E-state index contributed by atoms with van der Waals surface area (Å²) in [5.41, 5.74) is 0.289. The normalized spacial score (nSPS) is 10.4. The fourth-order valence-corrected chi connectivity index (χ4v) is 1.34. The van der Waals surface area contributed by atoms with Crippen LogP contribution in [0.1, 0.15) is 23.2 Å². The van der Waals surface area contributed by atoms with Gasteiger partial charge in [-0.3, -0.25) is 4.79 Å². The molecule has 1 aromatic rings. The molecular weight excluding hydrogens is 294 g/mol. The standard InChI is InChI=1S/C12H13NO5.Ca.H2O/c14-10(15)7-6-9(12(17)18)13-11(16)8-4-2-1-3-5-8;;/h1-5,9H,6-7H2,(H,13,16)(H,14,15)(H,17,18);;1H2/q;+2;/p-2/t9-;;/m0../s1. The van der Waals surface area contributed by atoms with Gasteiger partial charge in [0.25, 0.3) is 5.91 Å². The van der Waals surface area contributed by atoms with Gasteiger partial charge in [0.05, 0.1) is 12.0 Å². The summed E-state index contributed by atoms with van der Waals surface area (Å²) in [5, 5.41) is 23.2. The van der Waals surface area contributed by atoms with Crippen LogP contribution in [-0.2, 0) is 9.59 Å². The van der Waals surface area contributed by atoms with Crippen molar-refractivity contribution in [2.75, 3.05) is 0 Å². The van der Waals surface area contributed by atoms with Gasteiger partial charge in [-0.15, -0.1) is 0 Å². The first kappa shape index (κ1) is 21.2. The summed E-state index contributed by atoms with van der Waals surface area (Å²) >= 11 is 0. The largest absolute Gasteiger partial charge is 2.00 e. The first-order valence-electron chi connectivity index (χ1n) is 5.27. The van der Waals surface area contributed by atoms with Crippen LogP contribution in [0.5, 0.6) is 0 Å². The second-order valence-electron chi connectivity index (χ2n) is 3.62. The fourth-order valence-electron chi connectivity index (χ4n) is 1.34. The molecule has 1 rings (SSSR count). The Kier molecular flexibility index (Phi) is 11.2. The zero-order valence-corrected chi connectivity index (χ0v) is 12.8. The van der Waals surface area contributed by atoms with Crippen molar-refractivity contribution in [1.82, 2.24) is 5.32 Å². The van der Waals surface area contributed by atoms with Crippen molar-refractivity contribution in [3.63, 3.8) is 0 Å². The van der Waals surface area contributed by atoms with Crippen LogP contribution in [0.25, 0.3) is 0 Å². The van der Waals surface area contributed by atoms with Crippen molar-refractivity contribution in [3.05, 3.63) is 35.9 Å². The van der Waals surface area contributed by atoms with E-state index in [1.165, 1.54) is 12.1 Å². The van der Waals surface area contributed by atoms with E-state index in [1.807, 2.05) is 0 Å². The van der Waals surface area contributed by atoms with Crippen LogP contribution in [0.4, 0.5) is 0 Å². The molecule has 0 aliphatic carbocycles. The van der Waals surface area contributed by atoms with Gasteiger partial charge in [-0.25, -0.2) is 0 Å². The van der Waals surface area contributed by atoms with Crippen molar-refractivity contribution >= 4 is 55.6 Å². The fraction of sp³-hybridized carbons (Fsp3) is 0.250. The molecule has 1 aromatic carbocycles. The molecule has 0 aromatic heterocycles. The minimum absolute atomic E-state index is 0. The number of carbonyl (C=O) groups excluding carboxylic acids is 3. The van der Waals surface area contributed by atoms with Crippen LogP contribution in [0, 0.1) is 0 Å². The summed E-state index contributed by atoms with van der Waals surface area (Å²) in [7, 11) is 0. The van der Waals surface area contributed by atoms with Crippen LogP contribution in [0.15, 0.2) is 30.3 Å². The number of benzene rings is 1. The summed E-state index contributed by atoms with van der Waals surface area (Å²) in [6.07, 6.45) is -0.739. The Hall–Kier alpha value is -1.15. The summed E-state index contributed by atoms with van der Waals surface area (Å²) in [5.74, 6) is -3.50. The summed E-state index contributed by atoms with van der Waals surface area (Å²) in [6.45, 7) is 0. The van der Waals surface area contributed by atoms with Crippen molar-refractivity contribution in [2.45, 2.75) is 18.9 Å². The van der Waals surface area contributed by atoms with Crippen LogP contribution >= 0.6 is 0 Å². The molecule has 7 nitrogen and oxygen atoms in total. The Morgan fingerprint density at radius 1 is 1.10 bits per heavy atom. The van der Waals surface area contributed by atoms with Gasteiger partial charge in [-0.1, -0.05) is 18.2 Å². The van der Waals surface area contributed by atoms with Gasteiger partial charge in [-0.2, -0.15) is 0 Å². The maximum Gasteiger partial charge on any atom is 2.00 e. The van der Waals surface area contributed by atoms with Crippen LogP contribution in [0.3, 0.4) is 0 Å². The molecule has 0 fully saturated rings. The molecule has 1 amide bonds. The number of aliphatic carboxylic acids is 2. The number of carboxylic acids is 2. The number of carboxylic acid groups (broad SMARTS) is 2. The van der Waals surface area contributed by atoms with E-state index >= 15 is 0 Å². The van der Waals surface area contributed by atoms with E-state index in [9.17, 15) is 24.6 Å². The molecular formula is C12H13CaNO6. The minimum Gasteiger partial charge on any atom is -0.550 e. The van der Waals surface area contributed by atoms with Gasteiger partial charge >= 0.3 is 37.7 Å². The molecule has 0 aliphatic rings. The number of hydrogen-bond donors (Lipinski definition) is 1. The van der Waals surface area contributed by atoms with Crippen molar-refractivity contribution in [3.8, 4) is 0 Å². The Morgan fingerprint density at radius 2 is 1.65 bits per heavy atom. The van der Waals surface area contributed by atoms with E-state index in [0.717, 1.165) is 0 Å². The molecule has 0 radical (unpaired) electrons. The van der Waals surface area contributed by atoms with E-state index in [1.54, 1.807) is 18.2 Å². The maximum absolute atomic E-state index is 11.6. The smallest absolute Gasteiger partial charge is 0.550 e. The summed E-state index contributed by atoms with van der Waals surface area (Å²) in [4.78, 5) is 32.6. The third kappa shape index (κ3) is 7.44. The van der Waals surface area contributed by atoms with Gasteiger partial charge in [0.2, 0.25) is 0 Å². The van der Waals surface area contributed by atoms with Gasteiger partial charge in [0.15, 0.2) is 0 Å². The molecule has 0 unspecified atom stereocenters. The van der Waals surface area contributed by atoms with Crippen LogP contribution in [-0.4, -0.2) is 67.1 Å². The molecule has 1 atom stereocenters. The maximum atomic E-state index is 11.6. The van der Waals surface area contributed by atoms with Gasteiger partial charge in [-0.05, 0) is 25.0 Å². The Morgan fingerprint density at radius 3 is 2.10 bits per heavy atom. The molecule has 3 N–H and O–H groups in total. The molecule has 0 heterocycles. The minimum atomic E-state index is -1.53. The Bertz CT molecular complexity index is 451. The third-order valence-electron chi connectivity index (χ3n) is 2.26. The predicted octanol–water partition coefficient (Wildman–Crippen LogP) is -3.14. The monoisotopic (exact) mass is 307 g/mol. The number of amides is 1. The Labute approximate surface area is 145 Å². The molecule has 8 heteroatoms. The van der Waals surface area contributed by atoms with Crippen molar-refractivity contribution in [1.29, 1.82) is 0 Å². The average molecular weight is 307 g/mol. The Balaban J connectivity index is 0. The first-order valence-corrected chi connectivity index (χ1v) is 5.27. The van der Waals surface area contributed by atoms with E-state index in [-0.39, 0.29) is 55.2 Å². The molecule has 0 aliphatic heterocycles. The van der Waals surface area contributed by atoms with E-state index < -0.39 is 30.3 Å². The van der Waals surface area contributed by atoms with Gasteiger partial charge < -0.3 is 30.6 Å². The average Bonchev–Trinajstić information content (AvgIpc) is 2.34. The van der Waals surface area contributed by atoms with Crippen molar-refractivity contribution < 1.29 is 30.1 Å². The molecule has 0 spiro atoms. The second kappa shape index (κ2) is 10.6. The number of carbonyl (C=O) groups is 3. The third-order valence-corrected chi connectivity index (χ3v) is 2.26. The van der Waals surface area contributed by atoms with E-state index in [4.69, 9.17) is 0 Å². The van der Waals surface area contributed by atoms with E-state index in [2.05, 4.69) is 5.32 Å². The SMILES string of the molecule is O.O=C([O-])CC[C@H](NC(=O)c1ccccc1)C(=O)[O-].[Ca+2]. The predicted molar refractivity (Wildman–Crippen MR) is 66.3 cm³/mol. The zero-order chi connectivity index (χ0) is 13.5. The molecule has 0 saturated heterocycles. The molecule has 104 valence electrons. The summed E-state index contributed by atoms with van der Waals surface area (Å²) < 4.78 is 0. The molecule has 0 saturated carbocycles. The number of rotatable bonds is 6. The van der Waals surface area contributed by atoms with Crippen molar-refractivity contribution in [2.24, 2.45) is 0 Å². The quantitative estimate of drug-likeness (QED) is 0.553. The van der Waals surface area contributed by atoms with Crippen LogP contribution < -0.4 is 15.5 Å². The van der Waals surface area contributed by atoms with E-state index in [0.29, 0.717) is 0 Å². The first-order chi connectivity index (χ1) is 8.50. The van der Waals surface area contributed by atoms with Gasteiger partial charge in [0.1, 0.15) is 0 Å².